The molecule has 0 spiro atoms. The summed E-state index contributed by atoms with van der Waals surface area (Å²) in [6.45, 7) is 15.4. The summed E-state index contributed by atoms with van der Waals surface area (Å²) in [5.74, 6) is 1.68. The van der Waals surface area contributed by atoms with Gasteiger partial charge in [0.25, 0.3) is 0 Å². The molecule has 0 radical (unpaired) electrons. The molecular weight excluding hydrogens is 917 g/mol. The smallest absolute Gasteiger partial charge is 0.331 e. The molecule has 0 amide bonds. The van der Waals surface area contributed by atoms with E-state index in [0.29, 0.717) is 23.0 Å². The molecule has 14 heteroatoms. The maximum Gasteiger partial charge on any atom is 0.331 e. The molecule has 0 heterocycles. The van der Waals surface area contributed by atoms with Crippen molar-refractivity contribution in [2.75, 3.05) is 44.1 Å². The van der Waals surface area contributed by atoms with Gasteiger partial charge in [0, 0.05) is 58.4 Å². The Morgan fingerprint density at radius 2 is 1.18 bits per heavy atom. The zero-order valence-corrected chi connectivity index (χ0v) is 43.0. The topological polar surface area (TPSA) is 71.1 Å². The van der Waals surface area contributed by atoms with Gasteiger partial charge >= 0.3 is 11.9 Å². The van der Waals surface area contributed by atoms with Crippen molar-refractivity contribution in [3.05, 3.63) is 120 Å². The van der Waals surface area contributed by atoms with E-state index in [2.05, 4.69) is 107 Å². The van der Waals surface area contributed by atoms with E-state index < -0.39 is 33.8 Å². The summed E-state index contributed by atoms with van der Waals surface area (Å²) in [7, 11) is 0. The van der Waals surface area contributed by atoms with Gasteiger partial charge in [0.15, 0.2) is 10.4 Å². The first kappa shape index (κ1) is 51.3. The highest BCUT2D eigenvalue weighted by molar-refractivity contribution is 8.01. The molecule has 0 aliphatic heterocycles. The predicted molar refractivity (Wildman–Crippen MR) is 272 cm³/mol. The van der Waals surface area contributed by atoms with Gasteiger partial charge in [-0.3, -0.25) is 0 Å². The van der Waals surface area contributed by atoms with Crippen LogP contribution in [0, 0.1) is 0 Å². The maximum atomic E-state index is 12.6. The first-order chi connectivity index (χ1) is 29.2. The second-order valence-electron chi connectivity index (χ2n) is 14.2. The third kappa shape index (κ3) is 14.3. The third-order valence-electron chi connectivity index (χ3n) is 9.77. The van der Waals surface area contributed by atoms with Crippen LogP contribution < -0.4 is 9.47 Å². The summed E-state index contributed by atoms with van der Waals surface area (Å²) >= 11 is 13.5. The predicted octanol–water partition coefficient (Wildman–Crippen LogP) is 13.9. The van der Waals surface area contributed by atoms with Crippen LogP contribution in [0.2, 0.25) is 0 Å². The number of hydrogen-bond acceptors (Lipinski definition) is 14. The second kappa shape index (κ2) is 24.7. The van der Waals surface area contributed by atoms with Crippen molar-refractivity contribution in [2.24, 2.45) is 0 Å². The molecule has 4 aromatic carbocycles. The number of rotatable bonds is 24. The lowest BCUT2D eigenvalue weighted by Gasteiger charge is -2.30. The number of thioether (sulfide) groups is 8. The monoisotopic (exact) mass is 972 g/mol. The second-order valence-corrected chi connectivity index (χ2v) is 21.9. The average molecular weight is 973 g/mol. The van der Waals surface area contributed by atoms with Crippen molar-refractivity contribution in [3.63, 3.8) is 0 Å². The number of esters is 2. The van der Waals surface area contributed by atoms with Gasteiger partial charge in [0.2, 0.25) is 0 Å². The molecule has 4 rings (SSSR count). The van der Waals surface area contributed by atoms with Crippen LogP contribution in [0.15, 0.2) is 127 Å². The standard InChI is InChI=1S/C47H56O6S8/c1-13-43(48)51-30(3)45(60-27-37-39(56-9)23-35(54-7)24-40(37)57-10)52-33-20-18-31(19-21-33)46(4,5)32-16-15-17-34(22-32)50-29-47(6,53-44(49)14-2)61-28-38-41(58-11)25-36(55-8)26-42(38)59-12/h13-26,30,45H,1-2,27-29H2,3-12H3. The Labute approximate surface area is 397 Å². The fourth-order valence-corrected chi connectivity index (χ4v) is 12.8. The number of ether oxygens (including phenoxy) is 4. The molecule has 0 saturated heterocycles. The van der Waals surface area contributed by atoms with Crippen LogP contribution in [0.4, 0.5) is 0 Å². The van der Waals surface area contributed by atoms with E-state index in [0.717, 1.165) is 11.1 Å². The molecule has 0 fully saturated rings. The van der Waals surface area contributed by atoms with Gasteiger partial charge in [0.1, 0.15) is 24.2 Å². The van der Waals surface area contributed by atoms with Crippen molar-refractivity contribution in [3.8, 4) is 11.5 Å². The first-order valence-electron chi connectivity index (χ1n) is 19.2. The van der Waals surface area contributed by atoms with E-state index in [4.69, 9.17) is 18.9 Å². The van der Waals surface area contributed by atoms with Crippen LogP contribution in [0.3, 0.4) is 0 Å². The molecule has 6 nitrogen and oxygen atoms in total. The molecule has 0 aromatic heterocycles. The van der Waals surface area contributed by atoms with Crippen LogP contribution >= 0.6 is 94.1 Å². The number of benzene rings is 4. The maximum absolute atomic E-state index is 12.6. The normalized spacial score (nSPS) is 13.4. The Bertz CT molecular complexity index is 2070. The van der Waals surface area contributed by atoms with Crippen molar-refractivity contribution >= 4 is 106 Å². The first-order valence-corrected chi connectivity index (χ1v) is 28.6. The number of carbonyl (C=O) groups excluding carboxylic acids is 2. The Hall–Kier alpha value is -2.30. The summed E-state index contributed by atoms with van der Waals surface area (Å²) in [4.78, 5) is 31.2. The molecule has 0 bridgehead atoms. The van der Waals surface area contributed by atoms with Gasteiger partial charge in [-0.25, -0.2) is 9.59 Å². The highest BCUT2D eigenvalue weighted by Crippen LogP contribution is 2.42. The summed E-state index contributed by atoms with van der Waals surface area (Å²) in [5, 5.41) is 0. The van der Waals surface area contributed by atoms with Crippen molar-refractivity contribution in [1.29, 1.82) is 0 Å². The minimum Gasteiger partial charge on any atom is -0.488 e. The van der Waals surface area contributed by atoms with E-state index in [-0.39, 0.29) is 6.61 Å². The lowest BCUT2D eigenvalue weighted by atomic mass is 9.78. The highest BCUT2D eigenvalue weighted by atomic mass is 32.2. The van der Waals surface area contributed by atoms with Gasteiger partial charge in [-0.2, -0.15) is 0 Å². The molecule has 3 unspecified atom stereocenters. The van der Waals surface area contributed by atoms with Gasteiger partial charge in [-0.05, 0) is 122 Å². The van der Waals surface area contributed by atoms with Crippen LogP contribution in [0.25, 0.3) is 0 Å². The summed E-state index contributed by atoms with van der Waals surface area (Å²) in [5.41, 5.74) is 3.72. The van der Waals surface area contributed by atoms with Crippen LogP contribution in [-0.2, 0) is 36.0 Å². The number of hydrogen-bond donors (Lipinski definition) is 0. The molecule has 328 valence electrons. The van der Waals surface area contributed by atoms with Gasteiger partial charge in [-0.15, -0.1) is 94.1 Å². The Balaban J connectivity index is 1.52. The molecule has 3 atom stereocenters. The van der Waals surface area contributed by atoms with Gasteiger partial charge in [-0.1, -0.05) is 51.3 Å². The van der Waals surface area contributed by atoms with E-state index in [9.17, 15) is 9.59 Å². The Morgan fingerprint density at radius 1 is 0.656 bits per heavy atom. The molecular formula is C47H56O6S8. The van der Waals surface area contributed by atoms with E-state index in [1.807, 2.05) is 44.2 Å². The minimum absolute atomic E-state index is 0.138. The Morgan fingerprint density at radius 3 is 1.67 bits per heavy atom. The SMILES string of the molecule is C=CC(=O)OC(C)C(Oc1ccc(C(C)(C)c2cccc(OCC(C)(OC(=O)C=C)SCc3c(SC)cc(SC)cc3SC)c2)cc1)SCc1c(SC)cc(SC)cc1SC. The zero-order chi connectivity index (χ0) is 44.7. The zero-order valence-electron chi connectivity index (χ0n) is 36.5. The van der Waals surface area contributed by atoms with Crippen molar-refractivity contribution in [2.45, 2.75) is 90.5 Å². The fourth-order valence-electron chi connectivity index (χ4n) is 6.18. The van der Waals surface area contributed by atoms with E-state index >= 15 is 0 Å². The van der Waals surface area contributed by atoms with Crippen LogP contribution in [0.1, 0.15) is 49.9 Å². The van der Waals surface area contributed by atoms with E-state index in [1.54, 1.807) is 94.1 Å². The highest BCUT2D eigenvalue weighted by Gasteiger charge is 2.32. The van der Waals surface area contributed by atoms with E-state index in [1.165, 1.54) is 52.7 Å². The van der Waals surface area contributed by atoms with Gasteiger partial charge in [0.05, 0.1) is 0 Å². The number of carbonyl (C=O) groups is 2. The van der Waals surface area contributed by atoms with Gasteiger partial charge < -0.3 is 18.9 Å². The molecule has 0 aliphatic rings. The molecule has 4 aromatic rings. The molecule has 61 heavy (non-hydrogen) atoms. The molecule has 0 aliphatic carbocycles. The van der Waals surface area contributed by atoms with Crippen molar-refractivity contribution < 1.29 is 28.5 Å². The summed E-state index contributed by atoms with van der Waals surface area (Å²) < 4.78 is 24.6. The average Bonchev–Trinajstić information content (AvgIpc) is 3.28. The lowest BCUT2D eigenvalue weighted by molar-refractivity contribution is -0.146. The largest absolute Gasteiger partial charge is 0.488 e. The van der Waals surface area contributed by atoms with Crippen LogP contribution in [0.5, 0.6) is 11.5 Å². The molecule has 0 N–H and O–H groups in total. The fraction of sp³-hybridized carbons (Fsp3) is 0.362. The third-order valence-corrected chi connectivity index (χ3v) is 16.9. The molecule has 0 saturated carbocycles. The summed E-state index contributed by atoms with van der Waals surface area (Å²) in [6, 6.07) is 25.0. The lowest BCUT2D eigenvalue weighted by Crippen LogP contribution is -2.34. The summed E-state index contributed by atoms with van der Waals surface area (Å²) in [6.07, 6.45) is 14.4. The van der Waals surface area contributed by atoms with Crippen LogP contribution in [-0.4, -0.2) is 72.6 Å². The van der Waals surface area contributed by atoms with Crippen molar-refractivity contribution in [1.82, 2.24) is 0 Å². The Kier molecular flexibility index (Phi) is 20.8. The minimum atomic E-state index is -0.985. The quantitative estimate of drug-likeness (QED) is 0.0290.